The highest BCUT2D eigenvalue weighted by Crippen LogP contribution is 2.40. The van der Waals surface area contributed by atoms with E-state index in [0.717, 1.165) is 12.8 Å². The van der Waals surface area contributed by atoms with Crippen LogP contribution in [-0.2, 0) is 4.74 Å². The van der Waals surface area contributed by atoms with Crippen LogP contribution in [0.1, 0.15) is 12.8 Å². The third-order valence-corrected chi connectivity index (χ3v) is 2.36. The normalized spacial score (nSPS) is 51.5. The monoisotopic (exact) mass is 160 g/mol. The fraction of sp³-hybridized carbons (Fsp3) is 1.00. The molecule has 4 atom stereocenters. The molecule has 4 nitrogen and oxygen atoms in total. The zero-order valence-electron chi connectivity index (χ0n) is 6.05. The lowest BCUT2D eigenvalue weighted by Crippen LogP contribution is -2.33. The number of hydrogen-bond acceptors (Lipinski definition) is 4. The average Bonchev–Trinajstić information content (AvgIpc) is 2.76. The van der Waals surface area contributed by atoms with Gasteiger partial charge in [0.2, 0.25) is 0 Å². The van der Waals surface area contributed by atoms with Gasteiger partial charge >= 0.3 is 0 Å². The van der Waals surface area contributed by atoms with E-state index in [4.69, 9.17) is 14.9 Å². The van der Waals surface area contributed by atoms with Crippen molar-refractivity contribution in [3.63, 3.8) is 0 Å². The first kappa shape index (κ1) is 7.49. The molecule has 2 fully saturated rings. The molecular weight excluding hydrogens is 148 g/mol. The first-order valence-electron chi connectivity index (χ1n) is 3.90. The van der Waals surface area contributed by atoms with Crippen molar-refractivity contribution in [3.05, 3.63) is 0 Å². The summed E-state index contributed by atoms with van der Waals surface area (Å²) in [6.45, 7) is 0. The molecule has 0 unspecified atom stereocenters. The molecule has 0 aromatic rings. The molecular formula is C7H12O4. The molecule has 1 aliphatic carbocycles. The van der Waals surface area contributed by atoms with Gasteiger partial charge in [-0.1, -0.05) is 0 Å². The minimum atomic E-state index is -1.20. The van der Waals surface area contributed by atoms with E-state index in [-0.39, 0.29) is 6.10 Å². The lowest BCUT2D eigenvalue weighted by molar-refractivity contribution is -0.130. The zero-order chi connectivity index (χ0) is 8.01. The molecule has 4 heteroatoms. The van der Waals surface area contributed by atoms with Crippen molar-refractivity contribution in [2.24, 2.45) is 5.92 Å². The largest absolute Gasteiger partial charge is 0.387 e. The summed E-state index contributed by atoms with van der Waals surface area (Å²) < 4.78 is 4.97. The van der Waals surface area contributed by atoms with E-state index in [0.29, 0.717) is 5.92 Å². The van der Waals surface area contributed by atoms with Crippen molar-refractivity contribution in [3.8, 4) is 0 Å². The van der Waals surface area contributed by atoms with E-state index in [9.17, 15) is 5.11 Å². The van der Waals surface area contributed by atoms with E-state index in [1.54, 1.807) is 0 Å². The zero-order valence-corrected chi connectivity index (χ0v) is 6.05. The number of hydrogen-bond donors (Lipinski definition) is 3. The van der Waals surface area contributed by atoms with Gasteiger partial charge in [0.15, 0.2) is 6.29 Å². The van der Waals surface area contributed by atoms with Crippen molar-refractivity contribution < 1.29 is 20.1 Å². The molecule has 0 aromatic carbocycles. The Bertz CT molecular complexity index is 157. The Morgan fingerprint density at radius 2 is 1.64 bits per heavy atom. The number of aliphatic hydroxyl groups excluding tert-OH is 3. The maximum absolute atomic E-state index is 9.30. The Labute approximate surface area is 64.4 Å². The van der Waals surface area contributed by atoms with E-state index in [1.807, 2.05) is 0 Å². The summed E-state index contributed by atoms with van der Waals surface area (Å²) in [6.07, 6.45) is -1.52. The smallest absolute Gasteiger partial charge is 0.183 e. The fourth-order valence-electron chi connectivity index (χ4n) is 1.50. The van der Waals surface area contributed by atoms with Crippen LogP contribution in [-0.4, -0.2) is 39.9 Å². The van der Waals surface area contributed by atoms with Crippen LogP contribution in [0.4, 0.5) is 0 Å². The molecule has 2 aliphatic rings. The minimum Gasteiger partial charge on any atom is -0.387 e. The van der Waals surface area contributed by atoms with Crippen LogP contribution in [0, 0.1) is 5.92 Å². The van der Waals surface area contributed by atoms with Crippen molar-refractivity contribution in [2.45, 2.75) is 37.4 Å². The predicted octanol–water partition coefficient (Wildman–Crippen LogP) is -1.16. The average molecular weight is 160 g/mol. The summed E-state index contributed by atoms with van der Waals surface area (Å²) in [7, 11) is 0. The molecule has 0 radical (unpaired) electrons. The van der Waals surface area contributed by atoms with Gasteiger partial charge in [0.25, 0.3) is 0 Å². The molecule has 11 heavy (non-hydrogen) atoms. The summed E-state index contributed by atoms with van der Waals surface area (Å²) in [5, 5.41) is 27.4. The van der Waals surface area contributed by atoms with Crippen LogP contribution in [0.5, 0.6) is 0 Å². The molecule has 64 valence electrons. The third kappa shape index (κ3) is 1.16. The Morgan fingerprint density at radius 3 is 2.00 bits per heavy atom. The minimum absolute atomic E-state index is 0.344. The Kier molecular flexibility index (Phi) is 1.64. The number of rotatable bonds is 1. The molecule has 0 bridgehead atoms. The third-order valence-electron chi connectivity index (χ3n) is 2.36. The van der Waals surface area contributed by atoms with Gasteiger partial charge in [-0.05, 0) is 18.8 Å². The van der Waals surface area contributed by atoms with Crippen LogP contribution in [0.15, 0.2) is 0 Å². The molecule has 1 saturated carbocycles. The highest BCUT2D eigenvalue weighted by atomic mass is 16.6. The van der Waals surface area contributed by atoms with Crippen LogP contribution in [0.2, 0.25) is 0 Å². The Hall–Kier alpha value is -0.160. The van der Waals surface area contributed by atoms with Gasteiger partial charge in [-0.15, -0.1) is 0 Å². The first-order valence-corrected chi connectivity index (χ1v) is 3.90. The second kappa shape index (κ2) is 2.42. The summed E-state index contributed by atoms with van der Waals surface area (Å²) in [6, 6.07) is 0. The summed E-state index contributed by atoms with van der Waals surface area (Å²) in [4.78, 5) is 0. The predicted molar refractivity (Wildman–Crippen MR) is 35.6 cm³/mol. The fourth-order valence-corrected chi connectivity index (χ4v) is 1.50. The molecule has 0 amide bonds. The van der Waals surface area contributed by atoms with E-state index >= 15 is 0 Å². The molecule has 1 aliphatic heterocycles. The van der Waals surface area contributed by atoms with Gasteiger partial charge in [0, 0.05) is 0 Å². The molecule has 2 rings (SSSR count). The molecule has 0 spiro atoms. The van der Waals surface area contributed by atoms with Crippen molar-refractivity contribution in [1.29, 1.82) is 0 Å². The Morgan fingerprint density at radius 1 is 1.00 bits per heavy atom. The van der Waals surface area contributed by atoms with Gasteiger partial charge in [0.1, 0.15) is 12.2 Å². The SMILES string of the molecule is O[C@@H]1[C@@H](O)[C@@H](C2CC2)O[C@H]1O. The lowest BCUT2D eigenvalue weighted by Gasteiger charge is -2.11. The summed E-state index contributed by atoms with van der Waals surface area (Å²) >= 11 is 0. The van der Waals surface area contributed by atoms with Gasteiger partial charge in [-0.25, -0.2) is 0 Å². The van der Waals surface area contributed by atoms with Crippen LogP contribution >= 0.6 is 0 Å². The maximum Gasteiger partial charge on any atom is 0.183 e. The van der Waals surface area contributed by atoms with E-state index in [2.05, 4.69) is 0 Å². The van der Waals surface area contributed by atoms with Gasteiger partial charge in [-0.2, -0.15) is 0 Å². The molecule has 3 N–H and O–H groups in total. The van der Waals surface area contributed by atoms with Crippen molar-refractivity contribution in [1.82, 2.24) is 0 Å². The first-order chi connectivity index (χ1) is 5.20. The van der Waals surface area contributed by atoms with Gasteiger partial charge in [-0.3, -0.25) is 0 Å². The molecule has 1 saturated heterocycles. The highest BCUT2D eigenvalue weighted by Gasteiger charge is 2.48. The van der Waals surface area contributed by atoms with E-state index in [1.165, 1.54) is 0 Å². The summed E-state index contributed by atoms with van der Waals surface area (Å²) in [5.41, 5.74) is 0. The van der Waals surface area contributed by atoms with Gasteiger partial charge in [0.05, 0.1) is 6.10 Å². The second-order valence-corrected chi connectivity index (χ2v) is 3.31. The standard InChI is InChI=1S/C7H12O4/c8-4-5(9)7(10)11-6(4)3-1-2-3/h3-10H,1-2H2/t4-,5-,6-,7-/m1/s1. The van der Waals surface area contributed by atoms with Crippen LogP contribution in [0.25, 0.3) is 0 Å². The molecule has 1 heterocycles. The lowest BCUT2D eigenvalue weighted by atomic mass is 10.1. The quantitative estimate of drug-likeness (QED) is 0.452. The van der Waals surface area contributed by atoms with Crippen molar-refractivity contribution >= 4 is 0 Å². The van der Waals surface area contributed by atoms with Crippen LogP contribution in [0.3, 0.4) is 0 Å². The summed E-state index contributed by atoms with van der Waals surface area (Å²) in [5.74, 6) is 0.344. The van der Waals surface area contributed by atoms with E-state index < -0.39 is 18.5 Å². The highest BCUT2D eigenvalue weighted by molar-refractivity contribution is 4.94. The van der Waals surface area contributed by atoms with Gasteiger partial charge < -0.3 is 20.1 Å². The topological polar surface area (TPSA) is 69.9 Å². The van der Waals surface area contributed by atoms with Crippen molar-refractivity contribution in [2.75, 3.05) is 0 Å². The Balaban J connectivity index is 2.01. The maximum atomic E-state index is 9.30. The number of aliphatic hydroxyl groups is 3. The van der Waals surface area contributed by atoms with Crippen LogP contribution < -0.4 is 0 Å². The molecule has 0 aromatic heterocycles. The number of ether oxygens (including phenoxy) is 1. The second-order valence-electron chi connectivity index (χ2n) is 3.31.